The molecule has 0 aromatic heterocycles. The molecule has 0 saturated heterocycles. The first-order valence-corrected chi connectivity index (χ1v) is 6.91. The van der Waals surface area contributed by atoms with Crippen LogP contribution in [0.2, 0.25) is 0 Å². The Morgan fingerprint density at radius 1 is 1.21 bits per heavy atom. The minimum absolute atomic E-state index is 0.209. The van der Waals surface area contributed by atoms with Crippen LogP contribution in [0.3, 0.4) is 0 Å². The predicted molar refractivity (Wildman–Crippen MR) is 78.6 cm³/mol. The number of likely N-dealkylation sites (N-methyl/N-ethyl adjacent to an activating group) is 1. The number of benzene rings is 1. The van der Waals surface area contributed by atoms with E-state index in [4.69, 9.17) is 5.73 Å². The largest absolute Gasteiger partial charge is 0.323 e. The molecule has 0 bridgehead atoms. The highest BCUT2D eigenvalue weighted by molar-refractivity contribution is 5.21. The Morgan fingerprint density at radius 2 is 1.89 bits per heavy atom. The molecule has 0 radical (unpaired) electrons. The highest BCUT2D eigenvalue weighted by Gasteiger charge is 2.14. The second-order valence-electron chi connectivity index (χ2n) is 5.18. The monoisotopic (exact) mass is 267 g/mol. The van der Waals surface area contributed by atoms with E-state index < -0.39 is 0 Å². The molecule has 0 amide bonds. The van der Waals surface area contributed by atoms with Gasteiger partial charge in [0.05, 0.1) is 0 Å². The molecule has 108 valence electrons. The van der Waals surface area contributed by atoms with Crippen LogP contribution in [0, 0.1) is 5.82 Å². The molecule has 0 spiro atoms. The zero-order chi connectivity index (χ0) is 14.3. The first-order valence-electron chi connectivity index (χ1n) is 6.91. The summed E-state index contributed by atoms with van der Waals surface area (Å²) in [5.41, 5.74) is 6.72. The maximum atomic E-state index is 13.6. The van der Waals surface area contributed by atoms with E-state index in [-0.39, 0.29) is 11.9 Å². The van der Waals surface area contributed by atoms with E-state index in [1.54, 1.807) is 12.1 Å². The second kappa shape index (κ2) is 8.25. The van der Waals surface area contributed by atoms with Gasteiger partial charge in [-0.1, -0.05) is 25.1 Å². The lowest BCUT2D eigenvalue weighted by Gasteiger charge is -2.25. The fourth-order valence-corrected chi connectivity index (χ4v) is 2.14. The lowest BCUT2D eigenvalue weighted by Crippen LogP contribution is -2.34. The summed E-state index contributed by atoms with van der Waals surface area (Å²) >= 11 is 0. The van der Waals surface area contributed by atoms with E-state index in [0.29, 0.717) is 12.1 Å². The molecule has 1 rings (SSSR count). The van der Waals surface area contributed by atoms with Crippen molar-refractivity contribution in [2.45, 2.75) is 19.4 Å². The minimum atomic E-state index is -0.263. The van der Waals surface area contributed by atoms with Gasteiger partial charge in [-0.3, -0.25) is 0 Å². The quantitative estimate of drug-likeness (QED) is 0.783. The number of nitrogens with zero attached hydrogens (tertiary/aromatic N) is 2. The van der Waals surface area contributed by atoms with Crippen LogP contribution in [0.5, 0.6) is 0 Å². The molecular formula is C15H26FN3. The first-order chi connectivity index (χ1) is 9.04. The Labute approximate surface area is 116 Å². The number of rotatable bonds is 8. The van der Waals surface area contributed by atoms with E-state index in [2.05, 4.69) is 30.8 Å². The van der Waals surface area contributed by atoms with Crippen LogP contribution in [-0.4, -0.2) is 50.1 Å². The average molecular weight is 267 g/mol. The molecule has 0 aliphatic carbocycles. The van der Waals surface area contributed by atoms with E-state index in [9.17, 15) is 4.39 Å². The summed E-state index contributed by atoms with van der Waals surface area (Å²) in [5.74, 6) is -0.209. The highest BCUT2D eigenvalue weighted by Crippen LogP contribution is 2.15. The van der Waals surface area contributed by atoms with Gasteiger partial charge < -0.3 is 15.5 Å². The molecule has 1 aromatic rings. The van der Waals surface area contributed by atoms with Crippen LogP contribution >= 0.6 is 0 Å². The summed E-state index contributed by atoms with van der Waals surface area (Å²) in [7, 11) is 4.14. The van der Waals surface area contributed by atoms with Crippen molar-refractivity contribution in [2.75, 3.05) is 40.3 Å². The van der Waals surface area contributed by atoms with Crippen molar-refractivity contribution in [1.29, 1.82) is 0 Å². The SMILES string of the molecule is CCN(CCCN(C)C)CC(N)c1ccccc1F. The first kappa shape index (κ1) is 16.1. The van der Waals surface area contributed by atoms with Crippen molar-refractivity contribution in [2.24, 2.45) is 5.73 Å². The Hall–Kier alpha value is -0.970. The van der Waals surface area contributed by atoms with Crippen molar-refractivity contribution >= 4 is 0 Å². The fourth-order valence-electron chi connectivity index (χ4n) is 2.14. The van der Waals surface area contributed by atoms with Gasteiger partial charge >= 0.3 is 0 Å². The molecule has 4 heteroatoms. The summed E-state index contributed by atoms with van der Waals surface area (Å²) in [4.78, 5) is 4.45. The number of hydrogen-bond acceptors (Lipinski definition) is 3. The standard InChI is InChI=1S/C15H26FN3/c1-4-19(11-7-10-18(2)3)12-15(17)13-8-5-6-9-14(13)16/h5-6,8-9,15H,4,7,10-12,17H2,1-3H3. The molecule has 0 aliphatic rings. The second-order valence-corrected chi connectivity index (χ2v) is 5.18. The van der Waals surface area contributed by atoms with Gasteiger partial charge in [0.15, 0.2) is 0 Å². The molecule has 0 heterocycles. The Balaban J connectivity index is 2.49. The van der Waals surface area contributed by atoms with E-state index in [0.717, 1.165) is 26.1 Å². The molecule has 1 atom stereocenters. The predicted octanol–water partition coefficient (Wildman–Crippen LogP) is 2.10. The third kappa shape index (κ3) is 5.68. The normalized spacial score (nSPS) is 13.2. The maximum Gasteiger partial charge on any atom is 0.128 e. The fraction of sp³-hybridized carbons (Fsp3) is 0.600. The van der Waals surface area contributed by atoms with Gasteiger partial charge in [-0.2, -0.15) is 0 Å². The van der Waals surface area contributed by atoms with E-state index in [1.807, 2.05) is 6.07 Å². The van der Waals surface area contributed by atoms with E-state index in [1.165, 1.54) is 6.07 Å². The average Bonchev–Trinajstić information content (AvgIpc) is 2.37. The van der Waals surface area contributed by atoms with Crippen molar-refractivity contribution < 1.29 is 4.39 Å². The Morgan fingerprint density at radius 3 is 2.47 bits per heavy atom. The third-order valence-corrected chi connectivity index (χ3v) is 3.29. The Kier molecular flexibility index (Phi) is 6.99. The molecule has 2 N–H and O–H groups in total. The molecule has 1 aromatic carbocycles. The zero-order valence-electron chi connectivity index (χ0n) is 12.3. The zero-order valence-corrected chi connectivity index (χ0v) is 12.3. The molecule has 1 unspecified atom stereocenters. The van der Waals surface area contributed by atoms with Gasteiger partial charge in [-0.05, 0) is 46.2 Å². The van der Waals surface area contributed by atoms with Gasteiger partial charge in [-0.15, -0.1) is 0 Å². The molecular weight excluding hydrogens is 241 g/mol. The number of nitrogens with two attached hydrogens (primary N) is 1. The van der Waals surface area contributed by atoms with Crippen LogP contribution in [0.4, 0.5) is 4.39 Å². The van der Waals surface area contributed by atoms with Gasteiger partial charge in [0, 0.05) is 18.2 Å². The maximum absolute atomic E-state index is 13.6. The topological polar surface area (TPSA) is 32.5 Å². The molecule has 3 nitrogen and oxygen atoms in total. The van der Waals surface area contributed by atoms with Crippen LogP contribution < -0.4 is 5.73 Å². The number of hydrogen-bond donors (Lipinski definition) is 1. The highest BCUT2D eigenvalue weighted by atomic mass is 19.1. The summed E-state index contributed by atoms with van der Waals surface area (Å²) < 4.78 is 13.6. The molecule has 0 fully saturated rings. The minimum Gasteiger partial charge on any atom is -0.323 e. The van der Waals surface area contributed by atoms with Crippen molar-refractivity contribution in [3.63, 3.8) is 0 Å². The Bertz CT molecular complexity index is 368. The van der Waals surface area contributed by atoms with Crippen molar-refractivity contribution in [3.8, 4) is 0 Å². The van der Waals surface area contributed by atoms with Crippen molar-refractivity contribution in [1.82, 2.24) is 9.80 Å². The lowest BCUT2D eigenvalue weighted by atomic mass is 10.1. The summed E-state index contributed by atoms with van der Waals surface area (Å²) in [5, 5.41) is 0. The molecule has 19 heavy (non-hydrogen) atoms. The molecule has 0 saturated carbocycles. The van der Waals surface area contributed by atoms with Crippen LogP contribution in [0.1, 0.15) is 24.9 Å². The van der Waals surface area contributed by atoms with Crippen molar-refractivity contribution in [3.05, 3.63) is 35.6 Å². The number of halogens is 1. The van der Waals surface area contributed by atoms with Gasteiger partial charge in [0.1, 0.15) is 5.82 Å². The molecule has 0 aliphatic heterocycles. The summed E-state index contributed by atoms with van der Waals surface area (Å²) in [6.45, 7) is 5.81. The smallest absolute Gasteiger partial charge is 0.128 e. The lowest BCUT2D eigenvalue weighted by molar-refractivity contribution is 0.251. The van der Waals surface area contributed by atoms with Crippen LogP contribution in [0.25, 0.3) is 0 Å². The van der Waals surface area contributed by atoms with Gasteiger partial charge in [0.2, 0.25) is 0 Å². The van der Waals surface area contributed by atoms with Crippen LogP contribution in [0.15, 0.2) is 24.3 Å². The van der Waals surface area contributed by atoms with Gasteiger partial charge in [-0.25, -0.2) is 4.39 Å². The van der Waals surface area contributed by atoms with E-state index >= 15 is 0 Å². The van der Waals surface area contributed by atoms with Crippen LogP contribution in [-0.2, 0) is 0 Å². The summed E-state index contributed by atoms with van der Waals surface area (Å²) in [6, 6.07) is 6.51. The third-order valence-electron chi connectivity index (χ3n) is 3.29. The van der Waals surface area contributed by atoms with Gasteiger partial charge in [0.25, 0.3) is 0 Å². The summed E-state index contributed by atoms with van der Waals surface area (Å²) in [6.07, 6.45) is 1.10.